The monoisotopic (exact) mass is 434 g/mol. The predicted octanol–water partition coefficient (Wildman–Crippen LogP) is 3.86. The lowest BCUT2D eigenvalue weighted by Gasteiger charge is -2.20. The van der Waals surface area contributed by atoms with Crippen LogP contribution in [0.5, 0.6) is 0 Å². The average Bonchev–Trinajstić information content (AvgIpc) is 3.09. The molecule has 31 heavy (non-hydrogen) atoms. The van der Waals surface area contributed by atoms with E-state index in [-0.39, 0.29) is 18.9 Å². The molecule has 0 bridgehead atoms. The van der Waals surface area contributed by atoms with Gasteiger partial charge in [0, 0.05) is 18.7 Å². The van der Waals surface area contributed by atoms with Crippen molar-refractivity contribution >= 4 is 29.2 Å². The molecule has 1 fully saturated rings. The van der Waals surface area contributed by atoms with Crippen LogP contribution in [0.25, 0.3) is 0 Å². The van der Waals surface area contributed by atoms with Crippen LogP contribution in [0, 0.1) is 19.8 Å². The van der Waals surface area contributed by atoms with Crippen molar-refractivity contribution in [1.82, 2.24) is 0 Å². The van der Waals surface area contributed by atoms with Crippen molar-refractivity contribution in [2.24, 2.45) is 5.92 Å². The van der Waals surface area contributed by atoms with E-state index in [1.807, 2.05) is 26.0 Å². The molecule has 0 saturated carbocycles. The maximum Gasteiger partial charge on any atom is 0.418 e. The summed E-state index contributed by atoms with van der Waals surface area (Å²) in [6.07, 6.45) is -4.70. The first-order valence-electron chi connectivity index (χ1n) is 9.57. The van der Waals surface area contributed by atoms with Gasteiger partial charge >= 0.3 is 12.1 Å². The summed E-state index contributed by atoms with van der Waals surface area (Å²) in [5, 5.41) is 2.11. The van der Waals surface area contributed by atoms with Crippen LogP contribution in [-0.4, -0.2) is 30.9 Å². The third-order valence-electron chi connectivity index (χ3n) is 5.18. The van der Waals surface area contributed by atoms with Gasteiger partial charge in [0.1, 0.15) is 0 Å². The van der Waals surface area contributed by atoms with Crippen molar-refractivity contribution in [1.29, 1.82) is 0 Å². The Balaban J connectivity index is 1.59. The molecule has 0 radical (unpaired) electrons. The van der Waals surface area contributed by atoms with E-state index in [0.717, 1.165) is 23.3 Å². The van der Waals surface area contributed by atoms with Gasteiger partial charge in [-0.25, -0.2) is 0 Å². The SMILES string of the molecule is Cc1cccc(N2C[C@H](C(=O)OCC(=O)Nc3ccccc3C(F)(F)F)CC2=O)c1C. The highest BCUT2D eigenvalue weighted by atomic mass is 19.4. The summed E-state index contributed by atoms with van der Waals surface area (Å²) in [7, 11) is 0. The van der Waals surface area contributed by atoms with Crippen LogP contribution in [0.15, 0.2) is 42.5 Å². The number of nitrogens with zero attached hydrogens (tertiary/aromatic N) is 1. The molecular weight excluding hydrogens is 413 g/mol. The normalized spacial score (nSPS) is 16.4. The van der Waals surface area contributed by atoms with Crippen LogP contribution in [-0.2, 0) is 25.3 Å². The van der Waals surface area contributed by atoms with E-state index >= 15 is 0 Å². The number of alkyl halides is 3. The van der Waals surface area contributed by atoms with E-state index in [0.29, 0.717) is 5.69 Å². The van der Waals surface area contributed by atoms with Crippen LogP contribution in [0.4, 0.5) is 24.5 Å². The number of esters is 1. The molecule has 1 aliphatic heterocycles. The van der Waals surface area contributed by atoms with Crippen molar-refractivity contribution in [3.63, 3.8) is 0 Å². The molecule has 0 spiro atoms. The number of aryl methyl sites for hydroxylation is 1. The van der Waals surface area contributed by atoms with Gasteiger partial charge in [0.15, 0.2) is 6.61 Å². The Labute approximate surface area is 177 Å². The minimum Gasteiger partial charge on any atom is -0.455 e. The second-order valence-electron chi connectivity index (χ2n) is 7.32. The van der Waals surface area contributed by atoms with Gasteiger partial charge in [0.2, 0.25) is 5.91 Å². The molecule has 0 unspecified atom stereocenters. The molecule has 1 heterocycles. The Kier molecular flexibility index (Phi) is 6.33. The summed E-state index contributed by atoms with van der Waals surface area (Å²) >= 11 is 0. The smallest absolute Gasteiger partial charge is 0.418 e. The summed E-state index contributed by atoms with van der Waals surface area (Å²) in [6, 6.07) is 10.0. The number of benzene rings is 2. The number of ether oxygens (including phenoxy) is 1. The van der Waals surface area contributed by atoms with E-state index in [9.17, 15) is 27.6 Å². The van der Waals surface area contributed by atoms with Gasteiger partial charge in [0.05, 0.1) is 17.2 Å². The van der Waals surface area contributed by atoms with Crippen molar-refractivity contribution in [3.8, 4) is 0 Å². The summed E-state index contributed by atoms with van der Waals surface area (Å²) in [6.45, 7) is 3.16. The summed E-state index contributed by atoms with van der Waals surface area (Å²) in [5.41, 5.74) is 1.22. The highest BCUT2D eigenvalue weighted by molar-refractivity contribution is 6.00. The Morgan fingerprint density at radius 3 is 2.55 bits per heavy atom. The molecule has 1 aliphatic rings. The largest absolute Gasteiger partial charge is 0.455 e. The minimum absolute atomic E-state index is 0.0647. The predicted molar refractivity (Wildman–Crippen MR) is 107 cm³/mol. The maximum absolute atomic E-state index is 13.0. The van der Waals surface area contributed by atoms with Gasteiger partial charge in [-0.05, 0) is 43.2 Å². The first kappa shape index (κ1) is 22.3. The molecule has 0 aromatic heterocycles. The quantitative estimate of drug-likeness (QED) is 0.726. The Hall–Kier alpha value is -3.36. The first-order valence-corrected chi connectivity index (χ1v) is 9.57. The zero-order valence-electron chi connectivity index (χ0n) is 17.0. The Bertz CT molecular complexity index is 1020. The summed E-state index contributed by atoms with van der Waals surface area (Å²) in [5.74, 6) is -2.65. The van der Waals surface area contributed by atoms with Crippen LogP contribution in [0.1, 0.15) is 23.1 Å². The lowest BCUT2D eigenvalue weighted by molar-refractivity contribution is -0.151. The molecule has 9 heteroatoms. The van der Waals surface area contributed by atoms with Gasteiger partial charge in [-0.1, -0.05) is 24.3 Å². The second kappa shape index (κ2) is 8.79. The van der Waals surface area contributed by atoms with Crippen LogP contribution in [0.2, 0.25) is 0 Å². The number of carbonyl (C=O) groups excluding carboxylic acids is 3. The average molecular weight is 434 g/mol. The fourth-order valence-corrected chi connectivity index (χ4v) is 3.41. The first-order chi connectivity index (χ1) is 14.6. The van der Waals surface area contributed by atoms with E-state index in [1.54, 1.807) is 6.07 Å². The highest BCUT2D eigenvalue weighted by Gasteiger charge is 2.37. The number of hydrogen-bond donors (Lipinski definition) is 1. The Morgan fingerprint density at radius 2 is 1.84 bits per heavy atom. The van der Waals surface area contributed by atoms with Crippen LogP contribution in [0.3, 0.4) is 0 Å². The minimum atomic E-state index is -4.64. The molecule has 3 rings (SSSR count). The number of anilines is 2. The number of para-hydroxylation sites is 1. The van der Waals surface area contributed by atoms with Crippen LogP contribution >= 0.6 is 0 Å². The summed E-state index contributed by atoms with van der Waals surface area (Å²) in [4.78, 5) is 38.3. The molecule has 6 nitrogen and oxygen atoms in total. The lowest BCUT2D eigenvalue weighted by atomic mass is 10.1. The molecule has 1 N–H and O–H groups in total. The number of halogens is 3. The van der Waals surface area contributed by atoms with E-state index < -0.39 is 41.8 Å². The number of carbonyl (C=O) groups is 3. The van der Waals surface area contributed by atoms with Crippen molar-refractivity contribution in [3.05, 3.63) is 59.2 Å². The van der Waals surface area contributed by atoms with Crippen molar-refractivity contribution < 1.29 is 32.3 Å². The summed E-state index contributed by atoms with van der Waals surface area (Å²) < 4.78 is 44.0. The van der Waals surface area contributed by atoms with Gasteiger partial charge < -0.3 is 15.0 Å². The van der Waals surface area contributed by atoms with Gasteiger partial charge in [0.25, 0.3) is 5.91 Å². The molecule has 2 amide bonds. The third kappa shape index (κ3) is 5.04. The van der Waals surface area contributed by atoms with Gasteiger partial charge in [-0.15, -0.1) is 0 Å². The molecule has 1 atom stereocenters. The van der Waals surface area contributed by atoms with E-state index in [1.165, 1.54) is 17.0 Å². The number of amides is 2. The molecule has 1 saturated heterocycles. The number of nitrogens with one attached hydrogen (secondary N) is 1. The van der Waals surface area contributed by atoms with Crippen molar-refractivity contribution in [2.45, 2.75) is 26.4 Å². The fourth-order valence-electron chi connectivity index (χ4n) is 3.41. The van der Waals surface area contributed by atoms with Gasteiger partial charge in [-0.3, -0.25) is 14.4 Å². The second-order valence-corrected chi connectivity index (χ2v) is 7.32. The number of rotatable bonds is 5. The molecule has 0 aliphatic carbocycles. The maximum atomic E-state index is 13.0. The highest BCUT2D eigenvalue weighted by Crippen LogP contribution is 2.34. The zero-order chi connectivity index (χ0) is 22.8. The zero-order valence-corrected chi connectivity index (χ0v) is 17.0. The molecule has 164 valence electrons. The molecule has 2 aromatic rings. The van der Waals surface area contributed by atoms with Crippen LogP contribution < -0.4 is 10.2 Å². The third-order valence-corrected chi connectivity index (χ3v) is 5.18. The lowest BCUT2D eigenvalue weighted by Crippen LogP contribution is -2.29. The number of hydrogen-bond acceptors (Lipinski definition) is 4. The van der Waals surface area contributed by atoms with Gasteiger partial charge in [-0.2, -0.15) is 13.2 Å². The standard InChI is InChI=1S/C22H21F3N2O4/c1-13-6-5-9-18(14(13)2)27-11-15(10-20(27)29)21(30)31-12-19(28)26-17-8-4-3-7-16(17)22(23,24)25/h3-9,15H,10-12H2,1-2H3,(H,26,28)/t15-/m1/s1. The Morgan fingerprint density at radius 1 is 1.13 bits per heavy atom. The van der Waals surface area contributed by atoms with E-state index in [2.05, 4.69) is 5.32 Å². The molecular formula is C22H21F3N2O4. The topological polar surface area (TPSA) is 75.7 Å². The fraction of sp³-hybridized carbons (Fsp3) is 0.318. The van der Waals surface area contributed by atoms with Crippen molar-refractivity contribution in [2.75, 3.05) is 23.4 Å². The van der Waals surface area contributed by atoms with E-state index in [4.69, 9.17) is 4.74 Å². The molecule has 2 aromatic carbocycles.